The fraction of sp³-hybridized carbons (Fsp3) is 0.483. The summed E-state index contributed by atoms with van der Waals surface area (Å²) in [7, 11) is 0. The Morgan fingerprint density at radius 3 is 2.73 bits per heavy atom. The van der Waals surface area contributed by atoms with E-state index in [1.54, 1.807) is 30.3 Å². The number of benzene rings is 2. The fourth-order valence-electron chi connectivity index (χ4n) is 7.55. The molecule has 7 rings (SSSR count). The van der Waals surface area contributed by atoms with Crippen molar-refractivity contribution in [3.63, 3.8) is 0 Å². The number of rotatable bonds is 5. The molecule has 37 heavy (non-hydrogen) atoms. The molecular formula is C29H29N3O5. The summed E-state index contributed by atoms with van der Waals surface area (Å²) in [5.74, 6) is -1.00. The van der Waals surface area contributed by atoms with Crippen LogP contribution in [0.5, 0.6) is 11.5 Å². The van der Waals surface area contributed by atoms with E-state index in [2.05, 4.69) is 16.3 Å². The number of ether oxygens (including phenoxy) is 1. The molecule has 3 fully saturated rings. The van der Waals surface area contributed by atoms with Gasteiger partial charge in [-0.1, -0.05) is 18.2 Å². The van der Waals surface area contributed by atoms with Crippen molar-refractivity contribution in [2.24, 2.45) is 11.8 Å². The monoisotopic (exact) mass is 499 g/mol. The van der Waals surface area contributed by atoms with Gasteiger partial charge < -0.3 is 20.3 Å². The zero-order valence-corrected chi connectivity index (χ0v) is 20.4. The Hall–Kier alpha value is -3.41. The lowest BCUT2D eigenvalue weighted by Crippen LogP contribution is -2.78. The summed E-state index contributed by atoms with van der Waals surface area (Å²) >= 11 is 0. The van der Waals surface area contributed by atoms with Crippen molar-refractivity contribution < 1.29 is 24.5 Å². The molecule has 1 unspecified atom stereocenters. The van der Waals surface area contributed by atoms with Crippen molar-refractivity contribution in [2.75, 3.05) is 18.4 Å². The Kier molecular flexibility index (Phi) is 4.80. The molecule has 2 aromatic carbocycles. The third kappa shape index (κ3) is 3.07. The van der Waals surface area contributed by atoms with Crippen LogP contribution in [0.15, 0.2) is 36.4 Å². The van der Waals surface area contributed by atoms with E-state index in [0.29, 0.717) is 24.4 Å². The van der Waals surface area contributed by atoms with Gasteiger partial charge in [-0.3, -0.25) is 14.5 Å². The number of hydrogen-bond donors (Lipinski definition) is 3. The van der Waals surface area contributed by atoms with Crippen molar-refractivity contribution in [1.29, 1.82) is 5.26 Å². The molecule has 1 spiro atoms. The van der Waals surface area contributed by atoms with Crippen LogP contribution in [-0.2, 0) is 27.8 Å². The molecule has 2 saturated carbocycles. The zero-order valence-electron chi connectivity index (χ0n) is 20.4. The number of phenolic OH excluding ortho intramolecular Hbond substituents is 1. The number of carbonyl (C=O) groups is 2. The second-order valence-electron chi connectivity index (χ2n) is 11.4. The second kappa shape index (κ2) is 7.80. The summed E-state index contributed by atoms with van der Waals surface area (Å²) < 4.78 is 6.20. The lowest BCUT2D eigenvalue weighted by Gasteiger charge is -2.63. The van der Waals surface area contributed by atoms with E-state index in [1.165, 1.54) is 12.8 Å². The van der Waals surface area contributed by atoms with E-state index in [1.807, 2.05) is 6.07 Å². The topological polar surface area (TPSA) is 123 Å². The van der Waals surface area contributed by atoms with Crippen molar-refractivity contribution in [3.05, 3.63) is 53.1 Å². The molecule has 0 radical (unpaired) electrons. The van der Waals surface area contributed by atoms with Crippen LogP contribution in [0, 0.1) is 23.2 Å². The molecule has 2 aliphatic heterocycles. The van der Waals surface area contributed by atoms with E-state index < -0.39 is 28.9 Å². The summed E-state index contributed by atoms with van der Waals surface area (Å²) in [5, 5.41) is 35.0. The van der Waals surface area contributed by atoms with Gasteiger partial charge in [0.1, 0.15) is 5.92 Å². The molecule has 8 heteroatoms. The first-order valence-corrected chi connectivity index (χ1v) is 13.1. The number of carbonyl (C=O) groups excluding carboxylic acids is 2. The predicted octanol–water partition coefficient (Wildman–Crippen LogP) is 2.46. The minimum atomic E-state index is -1.34. The summed E-state index contributed by atoms with van der Waals surface area (Å²) in [6, 6.07) is 12.3. The normalized spacial score (nSPS) is 33.3. The van der Waals surface area contributed by atoms with Crippen molar-refractivity contribution >= 4 is 17.4 Å². The van der Waals surface area contributed by atoms with Gasteiger partial charge in [-0.15, -0.1) is 0 Å². The smallest absolute Gasteiger partial charge is 0.235 e. The van der Waals surface area contributed by atoms with Gasteiger partial charge in [0.2, 0.25) is 5.91 Å². The summed E-state index contributed by atoms with van der Waals surface area (Å²) in [6.07, 6.45) is 2.80. The van der Waals surface area contributed by atoms with Gasteiger partial charge in [0.25, 0.3) is 0 Å². The Labute approximate surface area is 214 Å². The number of aromatic hydroxyl groups is 1. The van der Waals surface area contributed by atoms with E-state index >= 15 is 0 Å². The van der Waals surface area contributed by atoms with E-state index in [-0.39, 0.29) is 36.2 Å². The Bertz CT molecular complexity index is 1360. The number of nitrogens with one attached hydrogen (secondary N) is 1. The maximum absolute atomic E-state index is 13.9. The molecule has 8 nitrogen and oxygen atoms in total. The van der Waals surface area contributed by atoms with E-state index in [0.717, 1.165) is 29.8 Å². The van der Waals surface area contributed by atoms with Crippen molar-refractivity contribution in [3.8, 4) is 17.6 Å². The van der Waals surface area contributed by atoms with Crippen molar-refractivity contribution in [2.45, 2.75) is 61.7 Å². The number of nitriles is 1. The minimum absolute atomic E-state index is 0.0183. The summed E-state index contributed by atoms with van der Waals surface area (Å²) in [4.78, 5) is 29.8. The number of hydrogen-bond acceptors (Lipinski definition) is 7. The molecule has 190 valence electrons. The number of piperidine rings is 1. The van der Waals surface area contributed by atoms with Gasteiger partial charge in [0.05, 0.1) is 23.5 Å². The van der Waals surface area contributed by atoms with Crippen LogP contribution in [0.1, 0.15) is 42.4 Å². The zero-order chi connectivity index (χ0) is 25.5. The first kappa shape index (κ1) is 22.8. The number of likely N-dealkylation sites (tertiary alicyclic amines) is 1. The van der Waals surface area contributed by atoms with Gasteiger partial charge in [-0.2, -0.15) is 5.26 Å². The molecule has 2 bridgehead atoms. The average Bonchev–Trinajstić information content (AvgIpc) is 3.62. The number of amides is 1. The third-order valence-electron chi connectivity index (χ3n) is 9.45. The number of anilines is 1. The Balaban J connectivity index is 1.27. The van der Waals surface area contributed by atoms with Gasteiger partial charge in [-0.05, 0) is 73.9 Å². The lowest BCUT2D eigenvalue weighted by atomic mass is 9.47. The van der Waals surface area contributed by atoms with E-state index in [4.69, 9.17) is 10.00 Å². The number of nitrogens with zero attached hydrogens (tertiary/aromatic N) is 2. The molecule has 3 aliphatic carbocycles. The molecule has 1 saturated heterocycles. The summed E-state index contributed by atoms with van der Waals surface area (Å²) in [5.41, 5.74) is 0.835. The highest BCUT2D eigenvalue weighted by atomic mass is 16.5. The highest BCUT2D eigenvalue weighted by Crippen LogP contribution is 2.65. The Morgan fingerprint density at radius 1 is 1.22 bits per heavy atom. The quantitative estimate of drug-likeness (QED) is 0.540. The molecule has 0 aromatic heterocycles. The third-order valence-corrected chi connectivity index (χ3v) is 9.45. The van der Waals surface area contributed by atoms with Crippen LogP contribution in [0.4, 0.5) is 5.69 Å². The molecule has 5 aliphatic rings. The van der Waals surface area contributed by atoms with Crippen LogP contribution in [-0.4, -0.2) is 57.6 Å². The highest BCUT2D eigenvalue weighted by Gasteiger charge is 2.75. The molecule has 2 aromatic rings. The van der Waals surface area contributed by atoms with Gasteiger partial charge in [0, 0.05) is 23.8 Å². The number of phenols is 1. The number of Topliss-reactive ketones (excluding diaryl/α,β-unsaturated/α-hetero) is 1. The second-order valence-corrected chi connectivity index (χ2v) is 11.4. The first-order chi connectivity index (χ1) is 17.9. The lowest BCUT2D eigenvalue weighted by molar-refractivity contribution is -0.197. The van der Waals surface area contributed by atoms with Gasteiger partial charge >= 0.3 is 0 Å². The predicted molar refractivity (Wildman–Crippen MR) is 133 cm³/mol. The standard InChI is InChI=1S/C29H29N3O5/c30-11-9-16-3-6-19(7-4-16)31-27(35)20-14-29(36)22-13-18-5-8-21(33)25-23(18)28(29,26(37-25)24(20)34)10-12-32(22)15-17-1-2-17/h3-8,17,20,22,26,33,36H,1-2,9-10,12-15H2,(H,31,35)/t20?,22-,26+,28+,29-/m1/s1. The van der Waals surface area contributed by atoms with Crippen LogP contribution in [0.25, 0.3) is 0 Å². The van der Waals surface area contributed by atoms with Crippen molar-refractivity contribution in [1.82, 2.24) is 4.90 Å². The van der Waals surface area contributed by atoms with Crippen LogP contribution in [0.2, 0.25) is 0 Å². The van der Waals surface area contributed by atoms with Crippen LogP contribution in [0.3, 0.4) is 0 Å². The molecule has 5 atom stereocenters. The Morgan fingerprint density at radius 2 is 2.00 bits per heavy atom. The number of ketones is 1. The molecule has 2 heterocycles. The van der Waals surface area contributed by atoms with Gasteiger partial charge in [0.15, 0.2) is 23.4 Å². The fourth-order valence-corrected chi connectivity index (χ4v) is 7.55. The van der Waals surface area contributed by atoms with Crippen LogP contribution >= 0.6 is 0 Å². The SMILES string of the molecule is N#CCc1ccc(NC(=O)C2C[C@@]3(O)[C@H]4Cc5ccc(O)c6c5[C@@]3(CCN4CC3CC3)[C@@H](O6)C2=O)cc1. The number of aliphatic hydroxyl groups is 1. The maximum atomic E-state index is 13.9. The average molecular weight is 500 g/mol. The van der Waals surface area contributed by atoms with E-state index in [9.17, 15) is 19.8 Å². The minimum Gasteiger partial charge on any atom is -0.504 e. The molecule has 1 amide bonds. The summed E-state index contributed by atoms with van der Waals surface area (Å²) in [6.45, 7) is 1.66. The largest absolute Gasteiger partial charge is 0.504 e. The highest BCUT2D eigenvalue weighted by molar-refractivity contribution is 6.10. The first-order valence-electron chi connectivity index (χ1n) is 13.1. The van der Waals surface area contributed by atoms with Crippen LogP contribution < -0.4 is 10.1 Å². The molecule has 3 N–H and O–H groups in total. The maximum Gasteiger partial charge on any atom is 0.235 e. The molecular weight excluding hydrogens is 470 g/mol. The van der Waals surface area contributed by atoms with Gasteiger partial charge in [-0.25, -0.2) is 0 Å².